The molecule has 0 amide bonds. The van der Waals surface area contributed by atoms with Gasteiger partial charge in [0.15, 0.2) is 0 Å². The average Bonchev–Trinajstić information content (AvgIpc) is 3.74. The van der Waals surface area contributed by atoms with E-state index in [2.05, 4.69) is 270 Å². The Labute approximate surface area is 396 Å². The Morgan fingerprint density at radius 3 is 1.81 bits per heavy atom. The molecule has 1 aromatic heterocycles. The predicted octanol–water partition coefficient (Wildman–Crippen LogP) is 18.3. The van der Waals surface area contributed by atoms with Gasteiger partial charge in [-0.2, -0.15) is 0 Å². The van der Waals surface area contributed by atoms with E-state index in [9.17, 15) is 0 Å². The van der Waals surface area contributed by atoms with Crippen LogP contribution in [0.2, 0.25) is 0 Å². The smallest absolute Gasteiger partial charge is 0.0547 e. The van der Waals surface area contributed by atoms with Crippen LogP contribution in [0.15, 0.2) is 261 Å². The maximum Gasteiger partial charge on any atom is 0.0547 e. The van der Waals surface area contributed by atoms with Crippen molar-refractivity contribution in [3.8, 4) is 39.1 Å². The van der Waals surface area contributed by atoms with E-state index in [0.29, 0.717) is 5.92 Å². The van der Waals surface area contributed by atoms with Crippen molar-refractivity contribution in [3.05, 3.63) is 266 Å². The van der Waals surface area contributed by atoms with Crippen molar-refractivity contribution >= 4 is 71.2 Å². The Kier molecular flexibility index (Phi) is 9.68. The fourth-order valence-corrected chi connectivity index (χ4v) is 10.8. The Balaban J connectivity index is 0.957. The van der Waals surface area contributed by atoms with Gasteiger partial charge in [0.2, 0.25) is 0 Å². The second-order valence-corrected chi connectivity index (χ2v) is 18.0. The number of fused-ring (bicyclic) bond motifs is 7. The zero-order valence-electron chi connectivity index (χ0n) is 37.5. The molecule has 0 N–H and O–H groups in total. The van der Waals surface area contributed by atoms with E-state index in [0.717, 1.165) is 34.7 Å². The van der Waals surface area contributed by atoms with E-state index in [1.807, 2.05) is 0 Å². The van der Waals surface area contributed by atoms with Gasteiger partial charge in [0.25, 0.3) is 0 Å². The van der Waals surface area contributed by atoms with E-state index < -0.39 is 0 Å². The minimum atomic E-state index is 0.401. The highest BCUT2D eigenvalue weighted by molar-refractivity contribution is 6.19. The second kappa shape index (κ2) is 16.6. The summed E-state index contributed by atoms with van der Waals surface area (Å²) in [5, 5.41) is 10.0. The lowest BCUT2D eigenvalue weighted by atomic mass is 9.90. The van der Waals surface area contributed by atoms with Crippen LogP contribution in [-0.2, 0) is 0 Å². The van der Waals surface area contributed by atoms with Crippen LogP contribution in [0.1, 0.15) is 17.9 Å². The topological polar surface area (TPSA) is 8.17 Å². The third kappa shape index (κ3) is 6.89. The second-order valence-electron chi connectivity index (χ2n) is 18.0. The lowest BCUT2D eigenvalue weighted by Crippen LogP contribution is -2.10. The quantitative estimate of drug-likeness (QED) is 0.138. The molecule has 1 aliphatic carbocycles. The highest BCUT2D eigenvalue weighted by atomic mass is 15.1. The van der Waals surface area contributed by atoms with Crippen LogP contribution in [-0.4, -0.2) is 4.57 Å². The molecule has 1 unspecified atom stereocenters. The molecular formula is C66H46N2. The summed E-state index contributed by atoms with van der Waals surface area (Å²) in [6.45, 7) is 0. The number of nitrogens with zero attached hydrogens (tertiary/aromatic N) is 2. The largest absolute Gasteiger partial charge is 0.310 e. The molecule has 13 rings (SSSR count). The number of allylic oxidation sites excluding steroid dienone is 4. The Hall–Kier alpha value is -8.72. The Morgan fingerprint density at radius 1 is 0.368 bits per heavy atom. The molecule has 0 radical (unpaired) electrons. The third-order valence-electron chi connectivity index (χ3n) is 14.0. The number of benzene rings is 11. The normalized spacial score (nSPS) is 13.6. The minimum Gasteiger partial charge on any atom is -0.310 e. The number of para-hydroxylation sites is 1. The lowest BCUT2D eigenvalue weighted by Gasteiger charge is -2.26. The molecule has 1 aliphatic rings. The molecule has 11 aromatic carbocycles. The molecule has 2 heteroatoms. The van der Waals surface area contributed by atoms with Gasteiger partial charge >= 0.3 is 0 Å². The average molecular weight is 867 g/mol. The molecule has 1 atom stereocenters. The van der Waals surface area contributed by atoms with E-state index in [1.165, 1.54) is 87.5 Å². The van der Waals surface area contributed by atoms with Gasteiger partial charge in [-0.25, -0.2) is 0 Å². The fraction of sp³-hybridized carbons (Fsp3) is 0.0303. The summed E-state index contributed by atoms with van der Waals surface area (Å²) in [6, 6.07) is 87.3. The first kappa shape index (κ1) is 39.6. The SMILES string of the molecule is C1=CCC(c2cccc(-c3ccc(N(c4ccc(-c5cc6ccccc6c6ccccc56)cc4)c4cccc(-c5cccc6c5c5cc7ccccc7cc5n6-c5ccccc5)c4)cc3)c2)C=C1. The summed E-state index contributed by atoms with van der Waals surface area (Å²) in [5.74, 6) is 0.401. The molecule has 2 nitrogen and oxygen atoms in total. The molecule has 320 valence electrons. The fourth-order valence-electron chi connectivity index (χ4n) is 10.8. The summed E-state index contributed by atoms with van der Waals surface area (Å²) in [6.07, 6.45) is 9.92. The van der Waals surface area contributed by atoms with Crippen LogP contribution in [0.3, 0.4) is 0 Å². The molecule has 1 heterocycles. The van der Waals surface area contributed by atoms with Crippen LogP contribution in [0.5, 0.6) is 0 Å². The number of aromatic nitrogens is 1. The molecule has 68 heavy (non-hydrogen) atoms. The van der Waals surface area contributed by atoms with Gasteiger partial charge < -0.3 is 9.47 Å². The van der Waals surface area contributed by atoms with E-state index in [-0.39, 0.29) is 0 Å². The first-order valence-electron chi connectivity index (χ1n) is 23.7. The van der Waals surface area contributed by atoms with E-state index in [4.69, 9.17) is 0 Å². The zero-order chi connectivity index (χ0) is 45.0. The number of rotatable bonds is 8. The van der Waals surface area contributed by atoms with Crippen molar-refractivity contribution in [2.24, 2.45) is 0 Å². The molecule has 0 fully saturated rings. The summed E-state index contributed by atoms with van der Waals surface area (Å²) in [7, 11) is 0. The molecule has 0 bridgehead atoms. The van der Waals surface area contributed by atoms with Gasteiger partial charge in [-0.1, -0.05) is 188 Å². The summed E-state index contributed by atoms with van der Waals surface area (Å²) >= 11 is 0. The van der Waals surface area contributed by atoms with Gasteiger partial charge in [0.05, 0.1) is 11.0 Å². The van der Waals surface area contributed by atoms with E-state index >= 15 is 0 Å². The maximum atomic E-state index is 2.43. The van der Waals surface area contributed by atoms with Gasteiger partial charge in [0, 0.05) is 39.4 Å². The van der Waals surface area contributed by atoms with Gasteiger partial charge in [-0.15, -0.1) is 0 Å². The molecule has 0 saturated heterocycles. The summed E-state index contributed by atoms with van der Waals surface area (Å²) in [4.78, 5) is 2.41. The molecule has 12 aromatic rings. The van der Waals surface area contributed by atoms with Crippen LogP contribution < -0.4 is 4.90 Å². The first-order chi connectivity index (χ1) is 33.7. The van der Waals surface area contributed by atoms with Crippen LogP contribution in [0, 0.1) is 0 Å². The lowest BCUT2D eigenvalue weighted by molar-refractivity contribution is 0.854. The maximum absolute atomic E-state index is 2.43. The van der Waals surface area contributed by atoms with Crippen LogP contribution in [0.25, 0.3) is 93.2 Å². The van der Waals surface area contributed by atoms with Gasteiger partial charge in [0.1, 0.15) is 0 Å². The highest BCUT2D eigenvalue weighted by Gasteiger charge is 2.20. The minimum absolute atomic E-state index is 0.401. The highest BCUT2D eigenvalue weighted by Crippen LogP contribution is 2.44. The van der Waals surface area contributed by atoms with Crippen molar-refractivity contribution < 1.29 is 0 Å². The molecule has 0 aliphatic heterocycles. The van der Waals surface area contributed by atoms with Crippen molar-refractivity contribution in [2.45, 2.75) is 12.3 Å². The van der Waals surface area contributed by atoms with Crippen LogP contribution in [0.4, 0.5) is 17.1 Å². The standard InChI is InChI=1S/C66H46N2/c1-3-16-45(17-4-1)48-21-13-22-49(40-48)46-32-36-55(37-33-46)67(56-38-34-47(35-39-56)62-43-53-20-9-10-27-58(53)60-28-11-12-29-61(60)62)57-26-14-23-52(41-57)59-30-15-31-64-66(59)63-42-50-18-7-8-19-51(50)44-65(63)68(64)54-24-5-2-6-25-54/h1-16,18-45H,17H2. The zero-order valence-corrected chi connectivity index (χ0v) is 37.5. The van der Waals surface area contributed by atoms with Crippen molar-refractivity contribution in [2.75, 3.05) is 4.90 Å². The van der Waals surface area contributed by atoms with Crippen molar-refractivity contribution in [1.82, 2.24) is 4.57 Å². The third-order valence-corrected chi connectivity index (χ3v) is 14.0. The Morgan fingerprint density at radius 2 is 1.03 bits per heavy atom. The van der Waals surface area contributed by atoms with Gasteiger partial charge in [-0.3, -0.25) is 0 Å². The summed E-state index contributed by atoms with van der Waals surface area (Å²) in [5.41, 5.74) is 15.4. The predicted molar refractivity (Wildman–Crippen MR) is 290 cm³/mol. The first-order valence-corrected chi connectivity index (χ1v) is 23.7. The Bertz CT molecular complexity index is 3930. The van der Waals surface area contributed by atoms with Gasteiger partial charge in [-0.05, 0) is 150 Å². The van der Waals surface area contributed by atoms with Crippen LogP contribution >= 0.6 is 0 Å². The number of hydrogen-bond donors (Lipinski definition) is 0. The monoisotopic (exact) mass is 866 g/mol. The van der Waals surface area contributed by atoms with Crippen molar-refractivity contribution in [1.29, 1.82) is 0 Å². The van der Waals surface area contributed by atoms with Crippen molar-refractivity contribution in [3.63, 3.8) is 0 Å². The summed E-state index contributed by atoms with van der Waals surface area (Å²) < 4.78 is 2.43. The molecule has 0 saturated carbocycles. The molecule has 0 spiro atoms. The number of anilines is 3. The molecular weight excluding hydrogens is 821 g/mol. The van der Waals surface area contributed by atoms with E-state index in [1.54, 1.807) is 0 Å². The number of hydrogen-bond acceptors (Lipinski definition) is 1.